The Morgan fingerprint density at radius 1 is 1.33 bits per heavy atom. The number of hydrogen-bond donors (Lipinski definition) is 1. The fourth-order valence-electron chi connectivity index (χ4n) is 2.58. The second kappa shape index (κ2) is 5.60. The van der Waals surface area contributed by atoms with Crippen molar-refractivity contribution in [2.75, 3.05) is 6.54 Å². The summed E-state index contributed by atoms with van der Waals surface area (Å²) in [6, 6.07) is 7.43. The van der Waals surface area contributed by atoms with Gasteiger partial charge in [-0.1, -0.05) is 18.2 Å². The average molecular weight is 287 g/mol. The van der Waals surface area contributed by atoms with E-state index in [9.17, 15) is 9.59 Å². The van der Waals surface area contributed by atoms with E-state index >= 15 is 0 Å². The minimum atomic E-state index is -0.729. The molecule has 3 rings (SSSR count). The lowest BCUT2D eigenvalue weighted by Gasteiger charge is -2.13. The van der Waals surface area contributed by atoms with Crippen LogP contribution in [0.3, 0.4) is 0 Å². The molecule has 1 aliphatic heterocycles. The van der Waals surface area contributed by atoms with Gasteiger partial charge in [0.05, 0.1) is 0 Å². The number of esters is 1. The average Bonchev–Trinajstić information content (AvgIpc) is 2.69. The molecular weight excluding hydrogens is 270 g/mol. The van der Waals surface area contributed by atoms with Crippen molar-refractivity contribution in [1.82, 2.24) is 5.32 Å². The van der Waals surface area contributed by atoms with Gasteiger partial charge in [-0.15, -0.1) is 0 Å². The molecule has 0 aliphatic carbocycles. The maximum absolute atomic E-state index is 12.3. The number of furan rings is 1. The number of carbonyl (C=O) groups excluding carboxylic acids is 2. The monoisotopic (exact) mass is 287 g/mol. The molecular formula is C16H17NO4. The van der Waals surface area contributed by atoms with Crippen molar-refractivity contribution in [2.45, 2.75) is 32.3 Å². The number of para-hydroxylation sites is 1. The van der Waals surface area contributed by atoms with E-state index in [1.54, 1.807) is 6.07 Å². The fourth-order valence-corrected chi connectivity index (χ4v) is 2.58. The van der Waals surface area contributed by atoms with E-state index < -0.39 is 12.1 Å². The molecule has 2 heterocycles. The Morgan fingerprint density at radius 2 is 2.14 bits per heavy atom. The predicted molar refractivity (Wildman–Crippen MR) is 77.0 cm³/mol. The highest BCUT2D eigenvalue weighted by Crippen LogP contribution is 2.26. The third-order valence-corrected chi connectivity index (χ3v) is 3.76. The van der Waals surface area contributed by atoms with Crippen LogP contribution in [0.4, 0.5) is 0 Å². The van der Waals surface area contributed by atoms with Gasteiger partial charge in [0.25, 0.3) is 5.91 Å². The molecule has 1 atom stereocenters. The number of aryl methyl sites for hydroxylation is 1. The zero-order valence-corrected chi connectivity index (χ0v) is 11.8. The van der Waals surface area contributed by atoms with Crippen molar-refractivity contribution < 1.29 is 18.7 Å². The summed E-state index contributed by atoms with van der Waals surface area (Å²) in [4.78, 5) is 24.1. The molecule has 5 nitrogen and oxygen atoms in total. The minimum Gasteiger partial charge on any atom is -0.449 e. The SMILES string of the molecule is Cc1c(C(=O)OC2CCCCNC2=O)oc2ccccc12. The number of benzene rings is 1. The van der Waals surface area contributed by atoms with Crippen LogP contribution in [0.5, 0.6) is 0 Å². The molecule has 5 heteroatoms. The lowest BCUT2D eigenvalue weighted by molar-refractivity contribution is -0.129. The van der Waals surface area contributed by atoms with Gasteiger partial charge in [0.2, 0.25) is 5.76 Å². The minimum absolute atomic E-state index is 0.174. The topological polar surface area (TPSA) is 68.5 Å². The first-order valence-electron chi connectivity index (χ1n) is 7.13. The highest BCUT2D eigenvalue weighted by atomic mass is 16.6. The number of hydrogen-bond acceptors (Lipinski definition) is 4. The Hall–Kier alpha value is -2.30. The highest BCUT2D eigenvalue weighted by molar-refractivity contribution is 5.97. The van der Waals surface area contributed by atoms with Gasteiger partial charge in [-0.2, -0.15) is 0 Å². The quantitative estimate of drug-likeness (QED) is 0.862. The van der Waals surface area contributed by atoms with Crippen LogP contribution in [0, 0.1) is 6.92 Å². The summed E-state index contributed by atoms with van der Waals surface area (Å²) in [6.45, 7) is 2.45. The van der Waals surface area contributed by atoms with Crippen LogP contribution in [0.1, 0.15) is 35.4 Å². The van der Waals surface area contributed by atoms with Gasteiger partial charge < -0.3 is 14.5 Å². The Morgan fingerprint density at radius 3 is 2.95 bits per heavy atom. The van der Waals surface area contributed by atoms with Gasteiger partial charge >= 0.3 is 5.97 Å². The molecule has 1 aliphatic rings. The Balaban J connectivity index is 1.83. The van der Waals surface area contributed by atoms with Crippen LogP contribution in [0.25, 0.3) is 11.0 Å². The zero-order valence-electron chi connectivity index (χ0n) is 11.8. The smallest absolute Gasteiger partial charge is 0.375 e. The van der Waals surface area contributed by atoms with Gasteiger partial charge in [-0.3, -0.25) is 4.79 Å². The van der Waals surface area contributed by atoms with Crippen molar-refractivity contribution in [2.24, 2.45) is 0 Å². The molecule has 1 unspecified atom stereocenters. The van der Waals surface area contributed by atoms with Crippen LogP contribution >= 0.6 is 0 Å². The lowest BCUT2D eigenvalue weighted by Crippen LogP contribution is -2.36. The van der Waals surface area contributed by atoms with E-state index in [1.165, 1.54) is 0 Å². The normalized spacial score (nSPS) is 19.1. The molecule has 1 aromatic heterocycles. The molecule has 1 saturated heterocycles. The number of fused-ring (bicyclic) bond motifs is 1. The molecule has 1 aromatic carbocycles. The van der Waals surface area contributed by atoms with Gasteiger partial charge in [0.15, 0.2) is 6.10 Å². The second-order valence-electron chi connectivity index (χ2n) is 5.23. The zero-order chi connectivity index (χ0) is 14.8. The predicted octanol–water partition coefficient (Wildman–Crippen LogP) is 2.57. The van der Waals surface area contributed by atoms with Crippen molar-refractivity contribution >= 4 is 22.8 Å². The van der Waals surface area contributed by atoms with Crippen LogP contribution in [0.2, 0.25) is 0 Å². The number of carbonyl (C=O) groups is 2. The number of rotatable bonds is 2. The molecule has 0 spiro atoms. The largest absolute Gasteiger partial charge is 0.449 e. The molecule has 21 heavy (non-hydrogen) atoms. The van der Waals surface area contributed by atoms with Crippen LogP contribution < -0.4 is 5.32 Å². The van der Waals surface area contributed by atoms with E-state index in [0.29, 0.717) is 18.5 Å². The standard InChI is InChI=1S/C16H17NO4/c1-10-11-6-2-3-7-12(11)20-14(10)16(19)21-13-8-4-5-9-17-15(13)18/h2-3,6-7,13H,4-5,8-9H2,1H3,(H,17,18). The van der Waals surface area contributed by atoms with Crippen LogP contribution in [-0.4, -0.2) is 24.5 Å². The van der Waals surface area contributed by atoms with Gasteiger partial charge in [-0.25, -0.2) is 4.79 Å². The number of ether oxygens (including phenoxy) is 1. The highest BCUT2D eigenvalue weighted by Gasteiger charge is 2.27. The van der Waals surface area contributed by atoms with Crippen LogP contribution in [0.15, 0.2) is 28.7 Å². The Labute approximate surface area is 122 Å². The van der Waals surface area contributed by atoms with E-state index in [1.807, 2.05) is 25.1 Å². The fraction of sp³-hybridized carbons (Fsp3) is 0.375. The van der Waals surface area contributed by atoms with E-state index in [4.69, 9.17) is 9.15 Å². The summed E-state index contributed by atoms with van der Waals surface area (Å²) in [5.41, 5.74) is 1.39. The summed E-state index contributed by atoms with van der Waals surface area (Å²) in [6.07, 6.45) is 1.59. The number of amides is 1. The van der Waals surface area contributed by atoms with Crippen molar-refractivity contribution in [3.8, 4) is 0 Å². The summed E-state index contributed by atoms with van der Waals surface area (Å²) < 4.78 is 10.9. The van der Waals surface area contributed by atoms with E-state index in [0.717, 1.165) is 23.8 Å². The van der Waals surface area contributed by atoms with E-state index in [-0.39, 0.29) is 11.7 Å². The molecule has 2 aromatic rings. The third-order valence-electron chi connectivity index (χ3n) is 3.76. The van der Waals surface area contributed by atoms with Gasteiger partial charge in [0, 0.05) is 17.5 Å². The van der Waals surface area contributed by atoms with Crippen LogP contribution in [-0.2, 0) is 9.53 Å². The number of nitrogens with one attached hydrogen (secondary N) is 1. The van der Waals surface area contributed by atoms with Crippen molar-refractivity contribution in [3.05, 3.63) is 35.6 Å². The van der Waals surface area contributed by atoms with Gasteiger partial charge in [-0.05, 0) is 32.3 Å². The Bertz CT molecular complexity index is 689. The summed E-state index contributed by atoms with van der Waals surface area (Å²) >= 11 is 0. The molecule has 110 valence electrons. The molecule has 0 radical (unpaired) electrons. The van der Waals surface area contributed by atoms with Crippen molar-refractivity contribution in [3.63, 3.8) is 0 Å². The van der Waals surface area contributed by atoms with Gasteiger partial charge in [0.1, 0.15) is 5.58 Å². The molecule has 1 amide bonds. The maximum Gasteiger partial charge on any atom is 0.375 e. The first-order chi connectivity index (χ1) is 10.2. The first kappa shape index (κ1) is 13.7. The Kier molecular flexibility index (Phi) is 3.64. The summed E-state index contributed by atoms with van der Waals surface area (Å²) in [5.74, 6) is -0.631. The third kappa shape index (κ3) is 2.63. The maximum atomic E-state index is 12.3. The molecule has 1 fully saturated rings. The van der Waals surface area contributed by atoms with E-state index in [2.05, 4.69) is 5.32 Å². The molecule has 0 bridgehead atoms. The second-order valence-corrected chi connectivity index (χ2v) is 5.23. The first-order valence-corrected chi connectivity index (χ1v) is 7.13. The summed E-state index contributed by atoms with van der Waals surface area (Å²) in [5, 5.41) is 3.63. The molecule has 0 saturated carbocycles. The van der Waals surface area contributed by atoms with Crippen molar-refractivity contribution in [1.29, 1.82) is 0 Å². The lowest BCUT2D eigenvalue weighted by atomic mass is 10.1. The molecule has 1 N–H and O–H groups in total. The summed E-state index contributed by atoms with van der Waals surface area (Å²) in [7, 11) is 0.